The topological polar surface area (TPSA) is 111 Å². The van der Waals surface area contributed by atoms with Crippen molar-refractivity contribution in [3.05, 3.63) is 53.2 Å². The molecule has 0 radical (unpaired) electrons. The van der Waals surface area contributed by atoms with E-state index in [1.807, 2.05) is 0 Å². The summed E-state index contributed by atoms with van der Waals surface area (Å²) in [5, 5.41) is 9.84. The van der Waals surface area contributed by atoms with Gasteiger partial charge in [-0.05, 0) is 31.0 Å². The number of terminal acetylenes is 1. The average Bonchev–Trinajstić information content (AvgIpc) is 3.54. The molecule has 1 aliphatic carbocycles. The van der Waals surface area contributed by atoms with Gasteiger partial charge in [-0.3, -0.25) is 9.79 Å². The lowest BCUT2D eigenvalue weighted by atomic mass is 9.83. The molecular formula is C23H20F4N4O3S. The fourth-order valence-electron chi connectivity index (χ4n) is 4.45. The lowest BCUT2D eigenvalue weighted by molar-refractivity contribution is -0.207. The second kappa shape index (κ2) is 8.80. The number of halogens is 4. The minimum Gasteiger partial charge on any atom is -0.463 e. The molecule has 2 heterocycles. The first-order valence-corrected chi connectivity index (χ1v) is 11.2. The maximum atomic E-state index is 14.9. The third-order valence-electron chi connectivity index (χ3n) is 6.20. The van der Waals surface area contributed by atoms with Crippen LogP contribution in [-0.4, -0.2) is 49.7 Å². The Labute approximate surface area is 202 Å². The standard InChI is InChI=1S/C23H20F4N4O3S/c1-3-6-34-18-11-29-15(10-30-18)16(32)8-12-4-5-14(24)13(7-12)21(2)17-9-22(17,35-20(28)31-21)19(33)23(25,26)27/h1,4-5,7,10-11,17,19,33H,6,8-9H2,2H3,(H2,28,31)/t17-,19+,21+,22-/m0/s1. The van der Waals surface area contributed by atoms with E-state index in [9.17, 15) is 27.5 Å². The monoisotopic (exact) mass is 508 g/mol. The summed E-state index contributed by atoms with van der Waals surface area (Å²) in [5.74, 6) is 0.488. The van der Waals surface area contributed by atoms with E-state index in [-0.39, 0.29) is 41.8 Å². The number of thioether (sulfide) groups is 1. The minimum absolute atomic E-state index is 0.00332. The van der Waals surface area contributed by atoms with E-state index in [4.69, 9.17) is 16.9 Å². The van der Waals surface area contributed by atoms with Crippen molar-refractivity contribution in [3.8, 4) is 18.2 Å². The Morgan fingerprint density at radius 1 is 1.40 bits per heavy atom. The number of benzene rings is 1. The highest BCUT2D eigenvalue weighted by molar-refractivity contribution is 8.15. The third kappa shape index (κ3) is 4.58. The van der Waals surface area contributed by atoms with Gasteiger partial charge in [0.05, 0.1) is 22.7 Å². The van der Waals surface area contributed by atoms with Gasteiger partial charge in [-0.25, -0.2) is 14.4 Å². The summed E-state index contributed by atoms with van der Waals surface area (Å²) in [6.45, 7) is 1.48. The molecule has 4 rings (SSSR count). The molecule has 0 amide bonds. The van der Waals surface area contributed by atoms with Gasteiger partial charge in [-0.15, -0.1) is 6.42 Å². The van der Waals surface area contributed by atoms with E-state index in [0.29, 0.717) is 17.3 Å². The number of ether oxygens (including phenoxy) is 1. The number of Topliss-reactive ketones (excluding diaryl/α,β-unsaturated/α-hetero) is 1. The quantitative estimate of drug-likeness (QED) is 0.336. The Morgan fingerprint density at radius 3 is 2.77 bits per heavy atom. The fraction of sp³-hybridized carbons (Fsp3) is 0.391. The Bertz CT molecular complexity index is 1230. The zero-order chi connectivity index (χ0) is 25.6. The molecule has 1 saturated carbocycles. The van der Waals surface area contributed by atoms with Gasteiger partial charge in [-0.1, -0.05) is 23.7 Å². The number of aromatic nitrogens is 2. The van der Waals surface area contributed by atoms with Crippen LogP contribution in [0, 0.1) is 24.1 Å². The molecule has 1 aromatic heterocycles. The Balaban J connectivity index is 1.59. The molecule has 184 valence electrons. The number of rotatable bonds is 7. The molecule has 0 spiro atoms. The molecule has 3 N–H and O–H groups in total. The van der Waals surface area contributed by atoms with E-state index in [1.54, 1.807) is 0 Å². The molecule has 2 aliphatic rings. The van der Waals surface area contributed by atoms with Crippen molar-refractivity contribution in [1.29, 1.82) is 0 Å². The molecule has 2 aromatic rings. The Hall–Kier alpha value is -3.17. The number of carbonyl (C=O) groups is 1. The van der Waals surface area contributed by atoms with Crippen molar-refractivity contribution >= 4 is 22.7 Å². The molecule has 35 heavy (non-hydrogen) atoms. The number of nitrogens with two attached hydrogens (primary N) is 1. The van der Waals surface area contributed by atoms with E-state index in [1.165, 1.54) is 31.5 Å². The summed E-state index contributed by atoms with van der Waals surface area (Å²) in [6, 6.07) is 3.91. The molecule has 4 atom stereocenters. The van der Waals surface area contributed by atoms with E-state index < -0.39 is 40.1 Å². The van der Waals surface area contributed by atoms with Crippen molar-refractivity contribution in [2.45, 2.75) is 42.3 Å². The number of alkyl halides is 3. The predicted octanol–water partition coefficient (Wildman–Crippen LogP) is 3.01. The fourth-order valence-corrected chi connectivity index (χ4v) is 5.94. The molecule has 12 heteroatoms. The van der Waals surface area contributed by atoms with Crippen molar-refractivity contribution in [2.24, 2.45) is 16.6 Å². The maximum absolute atomic E-state index is 14.9. The largest absolute Gasteiger partial charge is 0.463 e. The number of carbonyl (C=O) groups excluding carboxylic acids is 1. The van der Waals surface area contributed by atoms with Crippen LogP contribution in [-0.2, 0) is 12.0 Å². The van der Waals surface area contributed by atoms with Gasteiger partial charge < -0.3 is 15.6 Å². The highest BCUT2D eigenvalue weighted by Gasteiger charge is 2.74. The van der Waals surface area contributed by atoms with Crippen LogP contribution < -0.4 is 10.5 Å². The number of ketones is 1. The number of amidine groups is 1. The second-order valence-corrected chi connectivity index (χ2v) is 9.88. The number of hydrogen-bond donors (Lipinski definition) is 2. The number of aliphatic imine (C=N–C) groups is 1. The Morgan fingerprint density at radius 2 is 2.14 bits per heavy atom. The van der Waals surface area contributed by atoms with Gasteiger partial charge in [0, 0.05) is 17.9 Å². The molecule has 0 saturated heterocycles. The first-order chi connectivity index (χ1) is 16.4. The highest BCUT2D eigenvalue weighted by atomic mass is 32.2. The normalized spacial score (nSPS) is 26.2. The van der Waals surface area contributed by atoms with Gasteiger partial charge in [0.25, 0.3) is 0 Å². The number of aliphatic hydroxyl groups excluding tert-OH is 1. The van der Waals surface area contributed by atoms with Crippen LogP contribution in [0.1, 0.15) is 35.0 Å². The number of nitrogens with zero attached hydrogens (tertiary/aromatic N) is 3. The maximum Gasteiger partial charge on any atom is 0.415 e. The molecule has 7 nitrogen and oxygen atoms in total. The molecular weight excluding hydrogens is 488 g/mol. The van der Waals surface area contributed by atoms with E-state index >= 15 is 0 Å². The summed E-state index contributed by atoms with van der Waals surface area (Å²) in [5.41, 5.74) is 4.82. The zero-order valence-corrected chi connectivity index (χ0v) is 19.2. The van der Waals surface area contributed by atoms with Crippen LogP contribution in [0.2, 0.25) is 0 Å². The van der Waals surface area contributed by atoms with Gasteiger partial charge in [0.15, 0.2) is 23.7 Å². The van der Waals surface area contributed by atoms with Crippen LogP contribution >= 0.6 is 11.8 Å². The van der Waals surface area contributed by atoms with Gasteiger partial charge in [-0.2, -0.15) is 13.2 Å². The van der Waals surface area contributed by atoms with E-state index in [0.717, 1.165) is 6.07 Å². The van der Waals surface area contributed by atoms with Gasteiger partial charge >= 0.3 is 6.18 Å². The van der Waals surface area contributed by atoms with Gasteiger partial charge in [0.2, 0.25) is 5.88 Å². The van der Waals surface area contributed by atoms with Crippen molar-refractivity contribution in [3.63, 3.8) is 0 Å². The number of fused-ring (bicyclic) bond motifs is 1. The summed E-state index contributed by atoms with van der Waals surface area (Å²) in [7, 11) is 0. The second-order valence-electron chi connectivity index (χ2n) is 8.50. The molecule has 1 fully saturated rings. The van der Waals surface area contributed by atoms with Crippen LogP contribution in [0.15, 0.2) is 35.6 Å². The summed E-state index contributed by atoms with van der Waals surface area (Å²) < 4.78 is 58.4. The lowest BCUT2D eigenvalue weighted by Gasteiger charge is -2.36. The van der Waals surface area contributed by atoms with Crippen LogP contribution in [0.5, 0.6) is 5.88 Å². The SMILES string of the molecule is C#CCOc1cnc(C(=O)Cc2ccc(F)c([C@@]3(C)N=C(N)S[C@@]4([C@@H](O)C(F)(F)F)C[C@H]43)c2)cn1. The molecule has 0 bridgehead atoms. The highest BCUT2D eigenvalue weighted by Crippen LogP contribution is 2.68. The smallest absolute Gasteiger partial charge is 0.415 e. The number of aliphatic hydroxyl groups is 1. The molecule has 1 aromatic carbocycles. The first-order valence-electron chi connectivity index (χ1n) is 10.4. The molecule has 0 unspecified atom stereocenters. The third-order valence-corrected chi connectivity index (χ3v) is 7.55. The molecule has 1 aliphatic heterocycles. The summed E-state index contributed by atoms with van der Waals surface area (Å²) >= 11 is 0.664. The van der Waals surface area contributed by atoms with Crippen LogP contribution in [0.3, 0.4) is 0 Å². The van der Waals surface area contributed by atoms with Gasteiger partial charge in [0.1, 0.15) is 11.5 Å². The van der Waals surface area contributed by atoms with Crippen molar-refractivity contribution < 1.29 is 32.2 Å². The Kier molecular flexibility index (Phi) is 6.27. The van der Waals surface area contributed by atoms with Crippen LogP contribution in [0.25, 0.3) is 0 Å². The van der Waals surface area contributed by atoms with Crippen molar-refractivity contribution in [1.82, 2.24) is 9.97 Å². The van der Waals surface area contributed by atoms with E-state index in [2.05, 4.69) is 20.9 Å². The van der Waals surface area contributed by atoms with Crippen LogP contribution in [0.4, 0.5) is 17.6 Å². The average molecular weight is 508 g/mol. The number of hydrogen-bond acceptors (Lipinski definition) is 8. The minimum atomic E-state index is -4.87. The first kappa shape index (κ1) is 24.9. The zero-order valence-electron chi connectivity index (χ0n) is 18.3. The lowest BCUT2D eigenvalue weighted by Crippen LogP contribution is -2.47. The van der Waals surface area contributed by atoms with Crippen molar-refractivity contribution in [2.75, 3.05) is 6.61 Å². The predicted molar refractivity (Wildman–Crippen MR) is 120 cm³/mol. The summed E-state index contributed by atoms with van der Waals surface area (Å²) in [6.07, 6.45) is -0.152. The summed E-state index contributed by atoms with van der Waals surface area (Å²) in [4.78, 5) is 24.9.